The summed E-state index contributed by atoms with van der Waals surface area (Å²) in [6, 6.07) is 11.5. The lowest BCUT2D eigenvalue weighted by Gasteiger charge is -2.10. The Hall–Kier alpha value is -2.49. The molecule has 0 aliphatic heterocycles. The second-order valence-electron chi connectivity index (χ2n) is 5.82. The van der Waals surface area contributed by atoms with Crippen LogP contribution in [0.5, 0.6) is 5.75 Å². The molecular weight excluding hydrogens is 288 g/mol. The molecule has 2 rings (SSSR count). The molecule has 0 fully saturated rings. The molecule has 0 bridgehead atoms. The van der Waals surface area contributed by atoms with Gasteiger partial charge in [0.2, 0.25) is 5.91 Å². The highest BCUT2D eigenvalue weighted by atomic mass is 16.5. The number of nitrogens with two attached hydrogens (primary N) is 1. The highest BCUT2D eigenvalue weighted by molar-refractivity contribution is 5.91. The Kier molecular flexibility index (Phi) is 5.63. The molecule has 1 amide bonds. The highest BCUT2D eigenvalue weighted by Crippen LogP contribution is 2.19. The van der Waals surface area contributed by atoms with Crippen LogP contribution in [0.3, 0.4) is 0 Å². The van der Waals surface area contributed by atoms with Gasteiger partial charge in [-0.15, -0.1) is 0 Å². The van der Waals surface area contributed by atoms with Gasteiger partial charge >= 0.3 is 0 Å². The molecule has 0 aliphatic carbocycles. The molecule has 0 unspecified atom stereocenters. The zero-order valence-corrected chi connectivity index (χ0v) is 14.0. The topological polar surface area (TPSA) is 64.3 Å². The van der Waals surface area contributed by atoms with Crippen molar-refractivity contribution in [2.45, 2.75) is 33.6 Å². The number of nitrogen functional groups attached to an aromatic ring is 1. The Morgan fingerprint density at radius 1 is 1.04 bits per heavy atom. The number of carbonyl (C=O) groups is 1. The van der Waals surface area contributed by atoms with E-state index in [-0.39, 0.29) is 5.91 Å². The fourth-order valence-electron chi connectivity index (χ4n) is 2.21. The van der Waals surface area contributed by atoms with E-state index in [1.807, 2.05) is 37.3 Å². The van der Waals surface area contributed by atoms with Crippen molar-refractivity contribution < 1.29 is 9.53 Å². The largest absolute Gasteiger partial charge is 0.494 e. The van der Waals surface area contributed by atoms with Crippen LogP contribution in [-0.4, -0.2) is 12.5 Å². The monoisotopic (exact) mass is 312 g/mol. The third-order valence-corrected chi connectivity index (χ3v) is 3.83. The van der Waals surface area contributed by atoms with Gasteiger partial charge in [0.1, 0.15) is 5.75 Å². The van der Waals surface area contributed by atoms with E-state index in [2.05, 4.69) is 19.2 Å². The average molecular weight is 312 g/mol. The summed E-state index contributed by atoms with van der Waals surface area (Å²) in [5.74, 6) is 0.822. The molecule has 2 aromatic rings. The Bertz CT molecular complexity index is 696. The number of aryl methyl sites for hydroxylation is 3. The predicted octanol–water partition coefficient (Wildman–Crippen LogP) is 3.99. The van der Waals surface area contributed by atoms with Crippen molar-refractivity contribution in [2.75, 3.05) is 17.7 Å². The Labute approximate surface area is 137 Å². The van der Waals surface area contributed by atoms with Crippen LogP contribution in [0.2, 0.25) is 0 Å². The maximum absolute atomic E-state index is 12.0. The summed E-state index contributed by atoms with van der Waals surface area (Å²) in [4.78, 5) is 12.0. The van der Waals surface area contributed by atoms with Gasteiger partial charge in [-0.1, -0.05) is 12.1 Å². The molecule has 4 heteroatoms. The smallest absolute Gasteiger partial charge is 0.224 e. The van der Waals surface area contributed by atoms with E-state index >= 15 is 0 Å². The van der Waals surface area contributed by atoms with Crippen molar-refractivity contribution in [3.05, 3.63) is 53.1 Å². The van der Waals surface area contributed by atoms with Crippen LogP contribution in [0.4, 0.5) is 11.4 Å². The van der Waals surface area contributed by atoms with Gasteiger partial charge in [-0.2, -0.15) is 0 Å². The lowest BCUT2D eigenvalue weighted by Crippen LogP contribution is -2.13. The predicted molar refractivity (Wildman–Crippen MR) is 94.9 cm³/mol. The number of rotatable bonds is 6. The van der Waals surface area contributed by atoms with E-state index in [9.17, 15) is 4.79 Å². The van der Waals surface area contributed by atoms with Crippen LogP contribution in [0, 0.1) is 20.8 Å². The molecule has 0 spiro atoms. The van der Waals surface area contributed by atoms with E-state index in [1.165, 1.54) is 11.1 Å². The van der Waals surface area contributed by atoms with Crippen LogP contribution < -0.4 is 15.8 Å². The zero-order valence-electron chi connectivity index (χ0n) is 14.0. The van der Waals surface area contributed by atoms with Crippen molar-refractivity contribution in [3.63, 3.8) is 0 Å². The molecule has 0 saturated carbocycles. The van der Waals surface area contributed by atoms with E-state index < -0.39 is 0 Å². The molecule has 4 nitrogen and oxygen atoms in total. The lowest BCUT2D eigenvalue weighted by atomic mass is 10.1. The summed E-state index contributed by atoms with van der Waals surface area (Å²) < 4.78 is 5.69. The third kappa shape index (κ3) is 5.02. The fraction of sp³-hybridized carbons (Fsp3) is 0.316. The van der Waals surface area contributed by atoms with Crippen molar-refractivity contribution in [2.24, 2.45) is 0 Å². The minimum absolute atomic E-state index is 0.0256. The van der Waals surface area contributed by atoms with Crippen LogP contribution in [-0.2, 0) is 4.79 Å². The van der Waals surface area contributed by atoms with Crippen LogP contribution in [0.25, 0.3) is 0 Å². The van der Waals surface area contributed by atoms with E-state index in [1.54, 1.807) is 6.07 Å². The maximum atomic E-state index is 12.0. The van der Waals surface area contributed by atoms with Gasteiger partial charge in [0.25, 0.3) is 0 Å². The number of hydrogen-bond donors (Lipinski definition) is 2. The van der Waals surface area contributed by atoms with Crippen molar-refractivity contribution >= 4 is 17.3 Å². The first-order chi connectivity index (χ1) is 11.0. The van der Waals surface area contributed by atoms with Gasteiger partial charge in [0.05, 0.1) is 6.61 Å². The summed E-state index contributed by atoms with van der Waals surface area (Å²) in [6.45, 7) is 6.59. The van der Waals surface area contributed by atoms with Crippen LogP contribution >= 0.6 is 0 Å². The number of amides is 1. The lowest BCUT2D eigenvalue weighted by molar-refractivity contribution is -0.116. The molecule has 122 valence electrons. The van der Waals surface area contributed by atoms with Crippen molar-refractivity contribution in [1.82, 2.24) is 0 Å². The summed E-state index contributed by atoms with van der Waals surface area (Å²) in [6.07, 6.45) is 1.08. The number of hydrogen-bond acceptors (Lipinski definition) is 3. The number of ether oxygens (including phenoxy) is 1. The summed E-state index contributed by atoms with van der Waals surface area (Å²) in [5.41, 5.74) is 10.6. The molecule has 23 heavy (non-hydrogen) atoms. The molecule has 0 aromatic heterocycles. The van der Waals surface area contributed by atoms with E-state index in [4.69, 9.17) is 10.5 Å². The highest BCUT2D eigenvalue weighted by Gasteiger charge is 2.05. The maximum Gasteiger partial charge on any atom is 0.224 e. The van der Waals surface area contributed by atoms with Gasteiger partial charge in [0.15, 0.2) is 0 Å². The number of anilines is 2. The molecule has 0 saturated heterocycles. The summed E-state index contributed by atoms with van der Waals surface area (Å²) >= 11 is 0. The molecule has 0 heterocycles. The Morgan fingerprint density at radius 3 is 2.52 bits per heavy atom. The molecule has 3 N–H and O–H groups in total. The quantitative estimate of drug-likeness (QED) is 0.626. The van der Waals surface area contributed by atoms with Gasteiger partial charge in [-0.05, 0) is 68.1 Å². The second-order valence-corrected chi connectivity index (χ2v) is 5.82. The standard InChI is InChI=1S/C19H24N2O2/c1-13-7-9-17(11-15(13)3)23-10-4-5-19(22)21-18-12-16(20)8-6-14(18)2/h6-9,11-12H,4-5,10,20H2,1-3H3,(H,21,22). The second kappa shape index (κ2) is 7.68. The van der Waals surface area contributed by atoms with Crippen molar-refractivity contribution in [1.29, 1.82) is 0 Å². The van der Waals surface area contributed by atoms with Crippen LogP contribution in [0.1, 0.15) is 29.5 Å². The first-order valence-corrected chi connectivity index (χ1v) is 7.82. The van der Waals surface area contributed by atoms with E-state index in [0.717, 1.165) is 17.0 Å². The molecule has 0 aliphatic rings. The normalized spacial score (nSPS) is 10.4. The molecule has 0 atom stereocenters. The molecule has 2 aromatic carbocycles. The SMILES string of the molecule is Cc1ccc(OCCCC(=O)Nc2cc(N)ccc2C)cc1C. The van der Waals surface area contributed by atoms with Gasteiger partial charge < -0.3 is 15.8 Å². The third-order valence-electron chi connectivity index (χ3n) is 3.83. The Balaban J connectivity index is 1.76. The minimum Gasteiger partial charge on any atom is -0.494 e. The van der Waals surface area contributed by atoms with Crippen LogP contribution in [0.15, 0.2) is 36.4 Å². The minimum atomic E-state index is -0.0256. The van der Waals surface area contributed by atoms with E-state index in [0.29, 0.717) is 25.1 Å². The number of nitrogens with one attached hydrogen (secondary N) is 1. The molecular formula is C19H24N2O2. The van der Waals surface area contributed by atoms with Gasteiger partial charge in [0, 0.05) is 17.8 Å². The van der Waals surface area contributed by atoms with Crippen molar-refractivity contribution in [3.8, 4) is 5.75 Å². The average Bonchev–Trinajstić information content (AvgIpc) is 2.51. The Morgan fingerprint density at radius 2 is 1.78 bits per heavy atom. The zero-order chi connectivity index (χ0) is 16.8. The summed E-state index contributed by atoms with van der Waals surface area (Å²) in [5, 5.41) is 2.89. The fourth-order valence-corrected chi connectivity index (χ4v) is 2.21. The van der Waals surface area contributed by atoms with Gasteiger partial charge in [-0.25, -0.2) is 0 Å². The number of carbonyl (C=O) groups excluding carboxylic acids is 1. The summed E-state index contributed by atoms with van der Waals surface area (Å²) in [7, 11) is 0. The molecule has 0 radical (unpaired) electrons. The number of benzene rings is 2. The van der Waals surface area contributed by atoms with Gasteiger partial charge in [-0.3, -0.25) is 4.79 Å². The first-order valence-electron chi connectivity index (χ1n) is 7.82. The first kappa shape index (κ1) is 16.9.